The Morgan fingerprint density at radius 1 is 1.19 bits per heavy atom. The molecule has 1 amide bonds. The van der Waals surface area contributed by atoms with Gasteiger partial charge in [0.25, 0.3) is 5.91 Å². The molecule has 0 saturated carbocycles. The second kappa shape index (κ2) is 7.77. The summed E-state index contributed by atoms with van der Waals surface area (Å²) in [6, 6.07) is 12.7. The predicted molar refractivity (Wildman–Crippen MR) is 104 cm³/mol. The number of carbonyl (C=O) groups is 1. The number of benzene rings is 1. The number of pyridine rings is 1. The van der Waals surface area contributed by atoms with Crippen LogP contribution in [0.15, 0.2) is 48.7 Å². The Hall–Kier alpha value is -2.90. The summed E-state index contributed by atoms with van der Waals surface area (Å²) in [6.07, 6.45) is 1.76. The van der Waals surface area contributed by atoms with E-state index >= 15 is 0 Å². The Balaban J connectivity index is 1.43. The number of hydrogen-bond donors (Lipinski definition) is 2. The van der Waals surface area contributed by atoms with Crippen LogP contribution in [-0.4, -0.2) is 47.4 Å². The molecular formula is C19H18ClN5O2. The van der Waals surface area contributed by atoms with E-state index in [1.54, 1.807) is 30.5 Å². The summed E-state index contributed by atoms with van der Waals surface area (Å²) in [6.45, 7) is 3.11. The van der Waals surface area contributed by atoms with Crippen LogP contribution in [0.1, 0.15) is 10.5 Å². The van der Waals surface area contributed by atoms with Gasteiger partial charge in [0.2, 0.25) is 0 Å². The standard InChI is InChI=1S/C19H18ClN5O2/c20-14-3-1-2-13(10-14)16-11-17(24-23-16)19(26)22-18-5-4-15(12-21-18)25-6-8-27-9-7-25/h1-5,10-12H,6-9H2,(H,23,24)(H,21,22,26). The van der Waals surface area contributed by atoms with Gasteiger partial charge in [-0.15, -0.1) is 0 Å². The number of aromatic nitrogens is 3. The first-order valence-corrected chi connectivity index (χ1v) is 8.98. The van der Waals surface area contributed by atoms with Gasteiger partial charge in [-0.3, -0.25) is 9.89 Å². The summed E-state index contributed by atoms with van der Waals surface area (Å²) in [4.78, 5) is 19.0. The molecule has 27 heavy (non-hydrogen) atoms. The van der Waals surface area contributed by atoms with E-state index in [2.05, 4.69) is 25.4 Å². The fourth-order valence-corrected chi connectivity index (χ4v) is 3.08. The van der Waals surface area contributed by atoms with Crippen molar-refractivity contribution in [3.05, 3.63) is 59.4 Å². The second-order valence-electron chi connectivity index (χ2n) is 6.13. The van der Waals surface area contributed by atoms with E-state index in [0.717, 1.165) is 24.3 Å². The van der Waals surface area contributed by atoms with Crippen LogP contribution in [0.25, 0.3) is 11.3 Å². The van der Waals surface area contributed by atoms with Gasteiger partial charge in [-0.1, -0.05) is 23.7 Å². The first-order chi connectivity index (χ1) is 13.2. The lowest BCUT2D eigenvalue weighted by Crippen LogP contribution is -2.36. The molecule has 0 bridgehead atoms. The van der Waals surface area contributed by atoms with E-state index in [1.165, 1.54) is 0 Å². The fraction of sp³-hybridized carbons (Fsp3) is 0.211. The Bertz CT molecular complexity index is 935. The first kappa shape index (κ1) is 17.5. The molecule has 0 aliphatic carbocycles. The number of morpholine rings is 1. The van der Waals surface area contributed by atoms with Gasteiger partial charge < -0.3 is 15.0 Å². The van der Waals surface area contributed by atoms with Gasteiger partial charge in [-0.25, -0.2) is 4.98 Å². The third kappa shape index (κ3) is 4.10. The summed E-state index contributed by atoms with van der Waals surface area (Å²) < 4.78 is 5.35. The molecular weight excluding hydrogens is 366 g/mol. The van der Waals surface area contributed by atoms with Crippen molar-refractivity contribution < 1.29 is 9.53 Å². The van der Waals surface area contributed by atoms with Crippen molar-refractivity contribution in [3.63, 3.8) is 0 Å². The van der Waals surface area contributed by atoms with E-state index in [4.69, 9.17) is 16.3 Å². The van der Waals surface area contributed by atoms with Gasteiger partial charge in [0, 0.05) is 23.7 Å². The molecule has 0 atom stereocenters. The smallest absolute Gasteiger partial charge is 0.274 e. The monoisotopic (exact) mass is 383 g/mol. The number of nitrogens with zero attached hydrogens (tertiary/aromatic N) is 3. The Labute approximate surface area is 161 Å². The maximum atomic E-state index is 12.4. The number of amides is 1. The Kier molecular flexibility index (Phi) is 5.04. The summed E-state index contributed by atoms with van der Waals surface area (Å²) in [7, 11) is 0. The minimum Gasteiger partial charge on any atom is -0.378 e. The zero-order valence-corrected chi connectivity index (χ0v) is 15.2. The third-order valence-electron chi connectivity index (χ3n) is 4.31. The highest BCUT2D eigenvalue weighted by atomic mass is 35.5. The van der Waals surface area contributed by atoms with Crippen molar-refractivity contribution in [3.8, 4) is 11.3 Å². The minimum atomic E-state index is -0.303. The molecule has 2 aromatic heterocycles. The highest BCUT2D eigenvalue weighted by molar-refractivity contribution is 6.30. The van der Waals surface area contributed by atoms with Gasteiger partial charge in [-0.05, 0) is 30.3 Å². The van der Waals surface area contributed by atoms with Gasteiger partial charge in [-0.2, -0.15) is 5.10 Å². The zero-order valence-electron chi connectivity index (χ0n) is 14.5. The zero-order chi connectivity index (χ0) is 18.6. The molecule has 1 aliphatic heterocycles. The van der Waals surface area contributed by atoms with E-state index in [-0.39, 0.29) is 5.91 Å². The molecule has 3 aromatic rings. The molecule has 8 heteroatoms. The van der Waals surface area contributed by atoms with Crippen molar-refractivity contribution in [2.24, 2.45) is 0 Å². The van der Waals surface area contributed by atoms with Crippen LogP contribution in [0.4, 0.5) is 11.5 Å². The number of ether oxygens (including phenoxy) is 1. The molecule has 3 heterocycles. The molecule has 0 spiro atoms. The largest absolute Gasteiger partial charge is 0.378 e. The Morgan fingerprint density at radius 2 is 2.04 bits per heavy atom. The normalized spacial score (nSPS) is 14.2. The fourth-order valence-electron chi connectivity index (χ4n) is 2.89. The molecule has 0 radical (unpaired) electrons. The number of carbonyl (C=O) groups excluding carboxylic acids is 1. The molecule has 1 aromatic carbocycles. The molecule has 1 saturated heterocycles. The number of hydrogen-bond acceptors (Lipinski definition) is 5. The lowest BCUT2D eigenvalue weighted by molar-refractivity contribution is 0.102. The van der Waals surface area contributed by atoms with Gasteiger partial charge in [0.1, 0.15) is 11.5 Å². The lowest BCUT2D eigenvalue weighted by Gasteiger charge is -2.28. The molecule has 1 aliphatic rings. The SMILES string of the molecule is O=C(Nc1ccc(N2CCOCC2)cn1)c1cc(-c2cccc(Cl)c2)n[nH]1. The number of halogens is 1. The number of aromatic amines is 1. The molecule has 0 unspecified atom stereocenters. The van der Waals surface area contributed by atoms with Crippen LogP contribution in [0.5, 0.6) is 0 Å². The summed E-state index contributed by atoms with van der Waals surface area (Å²) in [5.41, 5.74) is 2.86. The molecule has 1 fully saturated rings. The topological polar surface area (TPSA) is 83.1 Å². The maximum Gasteiger partial charge on any atom is 0.274 e. The second-order valence-corrected chi connectivity index (χ2v) is 6.57. The van der Waals surface area contributed by atoms with Gasteiger partial charge in [0.05, 0.1) is 30.8 Å². The van der Waals surface area contributed by atoms with Crippen LogP contribution < -0.4 is 10.2 Å². The highest BCUT2D eigenvalue weighted by Gasteiger charge is 2.14. The quantitative estimate of drug-likeness (QED) is 0.722. The van der Waals surface area contributed by atoms with Crippen LogP contribution in [0, 0.1) is 0 Å². The van der Waals surface area contributed by atoms with Crippen molar-refractivity contribution in [1.82, 2.24) is 15.2 Å². The molecule has 4 rings (SSSR count). The highest BCUT2D eigenvalue weighted by Crippen LogP contribution is 2.22. The van der Waals surface area contributed by atoms with E-state index in [9.17, 15) is 4.79 Å². The van der Waals surface area contributed by atoms with Crippen molar-refractivity contribution in [2.45, 2.75) is 0 Å². The number of nitrogens with one attached hydrogen (secondary N) is 2. The maximum absolute atomic E-state index is 12.4. The van der Waals surface area contributed by atoms with E-state index in [1.807, 2.05) is 18.2 Å². The average molecular weight is 384 g/mol. The van der Waals surface area contributed by atoms with E-state index in [0.29, 0.717) is 35.4 Å². The van der Waals surface area contributed by atoms with Crippen LogP contribution in [0.2, 0.25) is 5.02 Å². The molecule has 7 nitrogen and oxygen atoms in total. The lowest BCUT2D eigenvalue weighted by atomic mass is 10.1. The van der Waals surface area contributed by atoms with Crippen molar-refractivity contribution in [1.29, 1.82) is 0 Å². The van der Waals surface area contributed by atoms with E-state index < -0.39 is 0 Å². The van der Waals surface area contributed by atoms with Crippen LogP contribution in [0.3, 0.4) is 0 Å². The summed E-state index contributed by atoms with van der Waals surface area (Å²) in [5.74, 6) is 0.179. The number of H-pyrrole nitrogens is 1. The first-order valence-electron chi connectivity index (χ1n) is 8.60. The predicted octanol–water partition coefficient (Wildman–Crippen LogP) is 3.21. The molecule has 2 N–H and O–H groups in total. The number of anilines is 2. The number of rotatable bonds is 4. The van der Waals surface area contributed by atoms with Gasteiger partial charge in [0.15, 0.2) is 0 Å². The summed E-state index contributed by atoms with van der Waals surface area (Å²) >= 11 is 6.00. The Morgan fingerprint density at radius 3 is 2.78 bits per heavy atom. The minimum absolute atomic E-state index is 0.303. The van der Waals surface area contributed by atoms with Gasteiger partial charge >= 0.3 is 0 Å². The average Bonchev–Trinajstić information content (AvgIpc) is 3.20. The van der Waals surface area contributed by atoms with Crippen molar-refractivity contribution >= 4 is 29.0 Å². The van der Waals surface area contributed by atoms with Crippen molar-refractivity contribution in [2.75, 3.05) is 36.5 Å². The van der Waals surface area contributed by atoms with Crippen LogP contribution >= 0.6 is 11.6 Å². The summed E-state index contributed by atoms with van der Waals surface area (Å²) in [5, 5.41) is 10.3. The molecule has 138 valence electrons. The van der Waals surface area contributed by atoms with Crippen LogP contribution in [-0.2, 0) is 4.74 Å². The third-order valence-corrected chi connectivity index (χ3v) is 4.54.